The molecule has 1 N–H and O–H groups in total. The molecule has 198 valence electrons. The molecule has 0 saturated carbocycles. The van der Waals surface area contributed by atoms with Crippen molar-refractivity contribution in [2.24, 2.45) is 5.92 Å². The van der Waals surface area contributed by atoms with E-state index in [0.29, 0.717) is 23.4 Å². The van der Waals surface area contributed by atoms with Crippen molar-refractivity contribution in [1.82, 2.24) is 30.4 Å². The highest BCUT2D eigenvalue weighted by atomic mass is 35.5. The van der Waals surface area contributed by atoms with Gasteiger partial charge in [0.2, 0.25) is 0 Å². The summed E-state index contributed by atoms with van der Waals surface area (Å²) in [7, 11) is 0. The molecule has 0 unspecified atom stereocenters. The number of amides is 1. The van der Waals surface area contributed by atoms with E-state index in [1.165, 1.54) is 0 Å². The molecule has 5 aromatic rings. The Bertz CT molecular complexity index is 1670. The Balaban J connectivity index is 1.28. The van der Waals surface area contributed by atoms with E-state index in [1.807, 2.05) is 36.4 Å². The van der Waals surface area contributed by atoms with Crippen LogP contribution >= 0.6 is 11.6 Å². The lowest BCUT2D eigenvalue weighted by atomic mass is 10.1. The number of nitrogens with zero attached hydrogens (tertiary/aromatic N) is 5. The van der Waals surface area contributed by atoms with Gasteiger partial charge in [-0.05, 0) is 48.0 Å². The van der Waals surface area contributed by atoms with E-state index in [4.69, 9.17) is 26.2 Å². The van der Waals surface area contributed by atoms with Gasteiger partial charge in [-0.2, -0.15) is 0 Å². The summed E-state index contributed by atoms with van der Waals surface area (Å²) < 4.78 is 6.75. The number of rotatable bonds is 9. The number of benzene rings is 2. The summed E-state index contributed by atoms with van der Waals surface area (Å²) in [5, 5.41) is 9.81. The Hall–Kier alpha value is -4.41. The molecular formula is C28H25ClN6O4. The predicted octanol–water partition coefficient (Wildman–Crippen LogP) is 4.60. The zero-order chi connectivity index (χ0) is 27.4. The molecule has 1 amide bonds. The Morgan fingerprint density at radius 2 is 1.87 bits per heavy atom. The molecule has 11 heteroatoms. The van der Waals surface area contributed by atoms with Crippen molar-refractivity contribution in [3.8, 4) is 11.3 Å². The smallest absolute Gasteiger partial charge is 0.308 e. The van der Waals surface area contributed by atoms with Gasteiger partial charge in [0.1, 0.15) is 18.7 Å². The summed E-state index contributed by atoms with van der Waals surface area (Å²) >= 11 is 6.43. The number of pyridine rings is 2. The highest BCUT2D eigenvalue weighted by molar-refractivity contribution is 6.34. The summed E-state index contributed by atoms with van der Waals surface area (Å²) in [4.78, 5) is 38.2. The number of aromatic nitrogens is 5. The number of fused-ring (bicyclic) bond motifs is 2. The molecule has 3 heterocycles. The third-order valence-electron chi connectivity index (χ3n) is 5.93. The lowest BCUT2D eigenvalue weighted by Gasteiger charge is -2.10. The Kier molecular flexibility index (Phi) is 7.76. The van der Waals surface area contributed by atoms with E-state index in [0.717, 1.165) is 22.0 Å². The monoisotopic (exact) mass is 544 g/mol. The van der Waals surface area contributed by atoms with E-state index in [1.54, 1.807) is 42.9 Å². The SMILES string of the molecule is CC(C)C(=O)OCCONC(=O)c1ccc(-c2ccc3nnn(Cc4ccc5ncccc5c4)c3n2)cc1Cl. The summed E-state index contributed by atoms with van der Waals surface area (Å²) in [6.07, 6.45) is 1.77. The number of hydrogen-bond donors (Lipinski definition) is 1. The van der Waals surface area contributed by atoms with Crippen LogP contribution in [0, 0.1) is 5.92 Å². The number of hydroxylamine groups is 1. The number of esters is 1. The zero-order valence-corrected chi connectivity index (χ0v) is 22.1. The van der Waals surface area contributed by atoms with Gasteiger partial charge in [-0.25, -0.2) is 15.1 Å². The maximum Gasteiger partial charge on any atom is 0.308 e. The van der Waals surface area contributed by atoms with Crippen LogP contribution in [0.25, 0.3) is 33.3 Å². The van der Waals surface area contributed by atoms with Crippen molar-refractivity contribution in [3.05, 3.63) is 83.0 Å². The first-order valence-corrected chi connectivity index (χ1v) is 12.7. The third kappa shape index (κ3) is 6.02. The first-order chi connectivity index (χ1) is 18.9. The van der Waals surface area contributed by atoms with Gasteiger partial charge in [0, 0.05) is 17.1 Å². The van der Waals surface area contributed by atoms with Crippen LogP contribution in [0.4, 0.5) is 0 Å². The highest BCUT2D eigenvalue weighted by Gasteiger charge is 2.15. The number of carbonyl (C=O) groups excluding carboxylic acids is 2. The van der Waals surface area contributed by atoms with Crippen LogP contribution in [-0.2, 0) is 20.9 Å². The van der Waals surface area contributed by atoms with E-state index >= 15 is 0 Å². The molecule has 0 atom stereocenters. The minimum Gasteiger partial charge on any atom is -0.463 e. The number of carbonyl (C=O) groups is 2. The van der Waals surface area contributed by atoms with Crippen LogP contribution in [0.3, 0.4) is 0 Å². The normalized spacial score (nSPS) is 11.3. The molecule has 0 radical (unpaired) electrons. The quantitative estimate of drug-likeness (QED) is 0.162. The maximum absolute atomic E-state index is 12.5. The molecule has 0 aliphatic heterocycles. The van der Waals surface area contributed by atoms with Gasteiger partial charge in [0.25, 0.3) is 5.91 Å². The van der Waals surface area contributed by atoms with E-state index in [9.17, 15) is 9.59 Å². The first-order valence-electron chi connectivity index (χ1n) is 12.3. The second-order valence-electron chi connectivity index (χ2n) is 9.11. The second kappa shape index (κ2) is 11.5. The fourth-order valence-corrected chi connectivity index (χ4v) is 4.16. The van der Waals surface area contributed by atoms with Gasteiger partial charge in [0.15, 0.2) is 5.65 Å². The first kappa shape index (κ1) is 26.2. The van der Waals surface area contributed by atoms with Gasteiger partial charge in [0.05, 0.1) is 34.3 Å². The van der Waals surface area contributed by atoms with Gasteiger partial charge >= 0.3 is 5.97 Å². The van der Waals surface area contributed by atoms with Crippen molar-refractivity contribution in [2.45, 2.75) is 20.4 Å². The summed E-state index contributed by atoms with van der Waals surface area (Å²) in [5.74, 6) is -1.08. The molecule has 0 spiro atoms. The molecule has 0 aliphatic carbocycles. The largest absolute Gasteiger partial charge is 0.463 e. The molecule has 0 saturated heterocycles. The molecule has 5 rings (SSSR count). The van der Waals surface area contributed by atoms with Crippen molar-refractivity contribution >= 4 is 45.5 Å². The van der Waals surface area contributed by atoms with E-state index in [-0.39, 0.29) is 35.7 Å². The average Bonchev–Trinajstić information content (AvgIpc) is 3.34. The lowest BCUT2D eigenvalue weighted by Crippen LogP contribution is -2.26. The summed E-state index contributed by atoms with van der Waals surface area (Å²) in [5.41, 5.74) is 7.20. The number of halogens is 1. The predicted molar refractivity (Wildman–Crippen MR) is 146 cm³/mol. The van der Waals surface area contributed by atoms with E-state index < -0.39 is 5.91 Å². The van der Waals surface area contributed by atoms with Crippen LogP contribution < -0.4 is 5.48 Å². The van der Waals surface area contributed by atoms with Gasteiger partial charge in [-0.1, -0.05) is 48.9 Å². The van der Waals surface area contributed by atoms with Crippen molar-refractivity contribution < 1.29 is 19.2 Å². The molecular weight excluding hydrogens is 520 g/mol. The van der Waals surface area contributed by atoms with Gasteiger partial charge in [-0.3, -0.25) is 19.4 Å². The zero-order valence-electron chi connectivity index (χ0n) is 21.3. The second-order valence-corrected chi connectivity index (χ2v) is 9.52. The Morgan fingerprint density at radius 3 is 2.69 bits per heavy atom. The fraction of sp³-hybridized carbons (Fsp3) is 0.214. The molecule has 0 bridgehead atoms. The van der Waals surface area contributed by atoms with E-state index in [2.05, 4.69) is 26.8 Å². The highest BCUT2D eigenvalue weighted by Crippen LogP contribution is 2.26. The minimum atomic E-state index is -0.516. The average molecular weight is 545 g/mol. The maximum atomic E-state index is 12.5. The summed E-state index contributed by atoms with van der Waals surface area (Å²) in [6.45, 7) is 4.01. The third-order valence-corrected chi connectivity index (χ3v) is 6.25. The Morgan fingerprint density at radius 1 is 1.03 bits per heavy atom. The molecule has 3 aromatic heterocycles. The van der Waals surface area contributed by atoms with Crippen LogP contribution in [0.5, 0.6) is 0 Å². The summed E-state index contributed by atoms with van der Waals surface area (Å²) in [6, 6.07) is 18.7. The standard InChI is InChI=1S/C28H25ClN6O4/c1-17(2)28(37)38-12-13-39-33-27(36)21-7-6-20(15-22(21)29)24-9-10-25-26(31-24)35(34-32-25)16-18-5-8-23-19(14-18)4-3-11-30-23/h3-11,14-15,17H,12-13,16H2,1-2H3,(H,33,36). The van der Waals surface area contributed by atoms with Crippen LogP contribution in [-0.4, -0.2) is 50.1 Å². The van der Waals surface area contributed by atoms with Crippen LogP contribution in [0.1, 0.15) is 29.8 Å². The number of nitrogens with one attached hydrogen (secondary N) is 1. The Labute approximate surface area is 228 Å². The van der Waals surface area contributed by atoms with Crippen LogP contribution in [0.15, 0.2) is 66.9 Å². The molecule has 2 aromatic carbocycles. The minimum absolute atomic E-state index is 0.0155. The molecule has 10 nitrogen and oxygen atoms in total. The molecule has 39 heavy (non-hydrogen) atoms. The van der Waals surface area contributed by atoms with Crippen molar-refractivity contribution in [1.29, 1.82) is 0 Å². The fourth-order valence-electron chi connectivity index (χ4n) is 3.90. The lowest BCUT2D eigenvalue weighted by molar-refractivity contribution is -0.149. The number of hydrogen-bond acceptors (Lipinski definition) is 8. The molecule has 0 aliphatic rings. The number of ether oxygens (including phenoxy) is 1. The van der Waals surface area contributed by atoms with Crippen molar-refractivity contribution in [2.75, 3.05) is 13.2 Å². The van der Waals surface area contributed by atoms with Crippen LogP contribution in [0.2, 0.25) is 5.02 Å². The molecule has 0 fully saturated rings. The van der Waals surface area contributed by atoms with Gasteiger partial charge < -0.3 is 4.74 Å². The van der Waals surface area contributed by atoms with Crippen molar-refractivity contribution in [3.63, 3.8) is 0 Å². The van der Waals surface area contributed by atoms with Gasteiger partial charge in [-0.15, -0.1) is 5.10 Å². The topological polar surface area (TPSA) is 121 Å².